The molecule has 0 spiro atoms. The van der Waals surface area contributed by atoms with Crippen LogP contribution in [0.15, 0.2) is 54.6 Å². The number of tetrazole rings is 1. The van der Waals surface area contributed by atoms with Gasteiger partial charge < -0.3 is 4.74 Å². The van der Waals surface area contributed by atoms with Gasteiger partial charge in [0.1, 0.15) is 11.8 Å². The predicted octanol–water partition coefficient (Wildman–Crippen LogP) is 3.38. The molecule has 0 amide bonds. The van der Waals surface area contributed by atoms with E-state index >= 15 is 0 Å². The zero-order valence-electron chi connectivity index (χ0n) is 18.8. The molecule has 7 nitrogen and oxygen atoms in total. The van der Waals surface area contributed by atoms with E-state index in [1.54, 1.807) is 7.11 Å². The summed E-state index contributed by atoms with van der Waals surface area (Å²) >= 11 is 0. The average molecular weight is 433 g/mol. The third-order valence-electron chi connectivity index (χ3n) is 6.97. The smallest absolute Gasteiger partial charge is 0.173 e. The van der Waals surface area contributed by atoms with Gasteiger partial charge in [-0.3, -0.25) is 9.80 Å². The van der Waals surface area contributed by atoms with Gasteiger partial charge in [0.15, 0.2) is 5.82 Å². The van der Waals surface area contributed by atoms with Crippen molar-refractivity contribution in [2.45, 2.75) is 44.3 Å². The lowest BCUT2D eigenvalue weighted by Crippen LogP contribution is -2.51. The molecule has 1 atom stereocenters. The van der Waals surface area contributed by atoms with E-state index in [9.17, 15) is 0 Å². The number of piperazine rings is 1. The molecule has 1 aliphatic carbocycles. The fourth-order valence-corrected chi connectivity index (χ4v) is 5.30. The van der Waals surface area contributed by atoms with E-state index in [-0.39, 0.29) is 6.04 Å². The number of benzene rings is 2. The summed E-state index contributed by atoms with van der Waals surface area (Å²) in [4.78, 5) is 5.21. The molecule has 2 aliphatic rings. The minimum Gasteiger partial charge on any atom is -0.496 e. The van der Waals surface area contributed by atoms with Crippen molar-refractivity contribution < 1.29 is 4.74 Å². The van der Waals surface area contributed by atoms with E-state index in [0.717, 1.165) is 49.4 Å². The lowest BCUT2D eigenvalue weighted by molar-refractivity contribution is 0.0764. The Bertz CT molecular complexity index is 992. The standard InChI is InChI=1S/C25H32N6O/c1-32-23-14-8-7-13-22(23)24(30-17-15-29(16-18-30)21-11-5-6-12-21)25-26-27-28-31(25)19-20-9-3-2-4-10-20/h2-4,7-10,13-14,21,24H,5-6,11-12,15-19H2,1H3/t24-/m1/s1. The summed E-state index contributed by atoms with van der Waals surface area (Å²) in [5.74, 6) is 1.75. The summed E-state index contributed by atoms with van der Waals surface area (Å²) in [6, 6.07) is 19.4. The molecule has 0 N–H and O–H groups in total. The van der Waals surface area contributed by atoms with Crippen molar-refractivity contribution >= 4 is 0 Å². The Hall–Kier alpha value is -2.77. The van der Waals surface area contributed by atoms with Gasteiger partial charge in [0.25, 0.3) is 0 Å². The molecule has 2 fully saturated rings. The van der Waals surface area contributed by atoms with Gasteiger partial charge in [-0.05, 0) is 34.9 Å². The van der Waals surface area contributed by atoms with Crippen LogP contribution in [0.1, 0.15) is 48.7 Å². The van der Waals surface area contributed by atoms with Crippen molar-refractivity contribution in [3.8, 4) is 5.75 Å². The number of hydrogen-bond acceptors (Lipinski definition) is 6. The molecule has 2 aromatic carbocycles. The summed E-state index contributed by atoms with van der Waals surface area (Å²) in [7, 11) is 1.74. The first kappa shape index (κ1) is 21.1. The summed E-state index contributed by atoms with van der Waals surface area (Å²) < 4.78 is 7.70. The third kappa shape index (κ3) is 4.40. The number of nitrogens with zero attached hydrogens (tertiary/aromatic N) is 6. The van der Waals surface area contributed by atoms with Crippen LogP contribution < -0.4 is 4.74 Å². The molecular formula is C25H32N6O. The molecule has 1 aliphatic heterocycles. The predicted molar refractivity (Wildman–Crippen MR) is 124 cm³/mol. The fraction of sp³-hybridized carbons (Fsp3) is 0.480. The lowest BCUT2D eigenvalue weighted by Gasteiger charge is -2.41. The zero-order chi connectivity index (χ0) is 21.8. The van der Waals surface area contributed by atoms with Gasteiger partial charge in [0.05, 0.1) is 13.7 Å². The average Bonchev–Trinajstić information content (AvgIpc) is 3.54. The van der Waals surface area contributed by atoms with Crippen molar-refractivity contribution in [3.05, 3.63) is 71.5 Å². The highest BCUT2D eigenvalue weighted by molar-refractivity contribution is 5.39. The molecule has 1 saturated carbocycles. The highest BCUT2D eigenvalue weighted by Crippen LogP contribution is 2.35. The van der Waals surface area contributed by atoms with Gasteiger partial charge in [-0.1, -0.05) is 61.4 Å². The highest BCUT2D eigenvalue weighted by Gasteiger charge is 2.34. The summed E-state index contributed by atoms with van der Waals surface area (Å²) in [6.07, 6.45) is 5.46. The molecule has 168 valence electrons. The van der Waals surface area contributed by atoms with Crippen LogP contribution >= 0.6 is 0 Å². The van der Waals surface area contributed by atoms with Gasteiger partial charge in [-0.15, -0.1) is 5.10 Å². The minimum atomic E-state index is -0.0457. The fourth-order valence-electron chi connectivity index (χ4n) is 5.30. The monoisotopic (exact) mass is 432 g/mol. The first-order valence-electron chi connectivity index (χ1n) is 11.7. The number of rotatable bonds is 7. The highest BCUT2D eigenvalue weighted by atomic mass is 16.5. The van der Waals surface area contributed by atoms with Crippen molar-refractivity contribution in [2.75, 3.05) is 33.3 Å². The molecule has 3 aromatic rings. The number of ether oxygens (including phenoxy) is 1. The molecule has 1 aromatic heterocycles. The van der Waals surface area contributed by atoms with E-state index in [0.29, 0.717) is 6.54 Å². The van der Waals surface area contributed by atoms with E-state index in [1.807, 2.05) is 22.9 Å². The molecule has 5 rings (SSSR count). The molecule has 0 unspecified atom stereocenters. The van der Waals surface area contributed by atoms with Gasteiger partial charge in [0.2, 0.25) is 0 Å². The van der Waals surface area contributed by atoms with Gasteiger partial charge in [-0.25, -0.2) is 4.68 Å². The van der Waals surface area contributed by atoms with Crippen LogP contribution in [0.3, 0.4) is 0 Å². The van der Waals surface area contributed by atoms with Gasteiger partial charge in [-0.2, -0.15) is 0 Å². The first-order valence-corrected chi connectivity index (χ1v) is 11.7. The van der Waals surface area contributed by atoms with E-state index < -0.39 is 0 Å². The Morgan fingerprint density at radius 1 is 0.938 bits per heavy atom. The van der Waals surface area contributed by atoms with Gasteiger partial charge >= 0.3 is 0 Å². The summed E-state index contributed by atoms with van der Waals surface area (Å²) in [5.41, 5.74) is 2.30. The van der Waals surface area contributed by atoms with Crippen LogP contribution in [0.25, 0.3) is 0 Å². The Morgan fingerprint density at radius 3 is 2.41 bits per heavy atom. The maximum Gasteiger partial charge on any atom is 0.173 e. The minimum absolute atomic E-state index is 0.0457. The van der Waals surface area contributed by atoms with E-state index in [1.165, 1.54) is 31.2 Å². The molecular weight excluding hydrogens is 400 g/mol. The number of para-hydroxylation sites is 1. The van der Waals surface area contributed by atoms with Crippen LogP contribution in [0.4, 0.5) is 0 Å². The Labute approximate surface area is 190 Å². The Balaban J connectivity index is 1.45. The molecule has 1 saturated heterocycles. The maximum atomic E-state index is 5.76. The third-order valence-corrected chi connectivity index (χ3v) is 6.97. The lowest BCUT2D eigenvalue weighted by atomic mass is 10.0. The zero-order valence-corrected chi connectivity index (χ0v) is 18.8. The largest absolute Gasteiger partial charge is 0.496 e. The molecule has 0 radical (unpaired) electrons. The Kier molecular flexibility index (Phi) is 6.46. The van der Waals surface area contributed by atoms with Crippen molar-refractivity contribution in [2.24, 2.45) is 0 Å². The van der Waals surface area contributed by atoms with Crippen molar-refractivity contribution in [3.63, 3.8) is 0 Å². The Morgan fingerprint density at radius 2 is 1.66 bits per heavy atom. The van der Waals surface area contributed by atoms with Crippen molar-refractivity contribution in [1.82, 2.24) is 30.0 Å². The topological polar surface area (TPSA) is 59.3 Å². The second kappa shape index (κ2) is 9.79. The SMILES string of the molecule is COc1ccccc1[C@H](c1nnnn1Cc1ccccc1)N1CCN(C2CCCC2)CC1. The second-order valence-electron chi connectivity index (χ2n) is 8.84. The van der Waals surface area contributed by atoms with E-state index in [4.69, 9.17) is 4.74 Å². The molecule has 0 bridgehead atoms. The van der Waals surface area contributed by atoms with Crippen LogP contribution in [0.2, 0.25) is 0 Å². The number of aromatic nitrogens is 4. The summed E-state index contributed by atoms with van der Waals surface area (Å²) in [6.45, 7) is 4.83. The van der Waals surface area contributed by atoms with E-state index in [2.05, 4.69) is 61.7 Å². The van der Waals surface area contributed by atoms with Gasteiger partial charge in [0, 0.05) is 37.8 Å². The van der Waals surface area contributed by atoms with Crippen LogP contribution in [-0.4, -0.2) is 69.3 Å². The molecule has 2 heterocycles. The van der Waals surface area contributed by atoms with Crippen LogP contribution in [-0.2, 0) is 6.54 Å². The normalized spacial score (nSPS) is 19.3. The summed E-state index contributed by atoms with van der Waals surface area (Å²) in [5, 5.41) is 13.0. The molecule has 7 heteroatoms. The second-order valence-corrected chi connectivity index (χ2v) is 8.84. The number of hydrogen-bond donors (Lipinski definition) is 0. The van der Waals surface area contributed by atoms with Crippen molar-refractivity contribution in [1.29, 1.82) is 0 Å². The quantitative estimate of drug-likeness (QED) is 0.571. The first-order chi connectivity index (χ1) is 15.8. The maximum absolute atomic E-state index is 5.76. The number of methoxy groups -OCH3 is 1. The molecule has 32 heavy (non-hydrogen) atoms. The van der Waals surface area contributed by atoms with Crippen LogP contribution in [0, 0.1) is 0 Å². The van der Waals surface area contributed by atoms with Crippen LogP contribution in [0.5, 0.6) is 5.75 Å².